The van der Waals surface area contributed by atoms with E-state index in [2.05, 4.69) is 40.2 Å². The summed E-state index contributed by atoms with van der Waals surface area (Å²) in [5.41, 5.74) is 3.25. The fourth-order valence-electron chi connectivity index (χ4n) is 4.50. The summed E-state index contributed by atoms with van der Waals surface area (Å²) in [5, 5.41) is 8.66. The number of nitrogens with one attached hydrogen (secondary N) is 3. The maximum Gasteiger partial charge on any atom is 0.315 e. The second-order valence-electron chi connectivity index (χ2n) is 7.41. The Morgan fingerprint density at radius 3 is 3.08 bits per heavy atom. The normalized spacial score (nSPS) is 31.1. The van der Waals surface area contributed by atoms with Gasteiger partial charge in [-0.1, -0.05) is 24.3 Å². The molecule has 24 heavy (non-hydrogen) atoms. The molecule has 1 aliphatic heterocycles. The summed E-state index contributed by atoms with van der Waals surface area (Å²) in [6.45, 7) is 1.40. The van der Waals surface area contributed by atoms with E-state index in [1.54, 1.807) is 0 Å². The molecule has 2 fully saturated rings. The molecule has 3 aliphatic rings. The summed E-state index contributed by atoms with van der Waals surface area (Å²) in [7, 11) is 0. The van der Waals surface area contributed by atoms with Crippen LogP contribution in [0.1, 0.15) is 43.2 Å². The minimum Gasteiger partial charge on any atom is -0.354 e. The molecule has 1 saturated heterocycles. The Labute approximate surface area is 142 Å². The van der Waals surface area contributed by atoms with Gasteiger partial charge in [0.2, 0.25) is 5.91 Å². The van der Waals surface area contributed by atoms with Gasteiger partial charge in [-0.25, -0.2) is 4.79 Å². The number of amides is 3. The summed E-state index contributed by atoms with van der Waals surface area (Å²) in [6.07, 6.45) is 6.18. The first-order chi connectivity index (χ1) is 11.7. The third-order valence-electron chi connectivity index (χ3n) is 5.98. The SMILES string of the molecule is O=C(NC[C@@H]1C[C@]12CCc1ccccc12)N[C@H]1CCCCNC1=O. The molecule has 1 aromatic carbocycles. The average molecular weight is 327 g/mol. The Hall–Kier alpha value is -2.04. The molecule has 3 amide bonds. The molecule has 3 N–H and O–H groups in total. The van der Waals surface area contributed by atoms with Gasteiger partial charge in [-0.3, -0.25) is 4.79 Å². The highest BCUT2D eigenvalue weighted by molar-refractivity contribution is 5.87. The maximum atomic E-state index is 12.1. The lowest BCUT2D eigenvalue weighted by atomic mass is 9.95. The molecule has 0 radical (unpaired) electrons. The molecule has 4 rings (SSSR count). The zero-order valence-corrected chi connectivity index (χ0v) is 13.9. The van der Waals surface area contributed by atoms with Crippen molar-refractivity contribution in [1.29, 1.82) is 0 Å². The van der Waals surface area contributed by atoms with Crippen molar-refractivity contribution in [3.8, 4) is 0 Å². The monoisotopic (exact) mass is 327 g/mol. The van der Waals surface area contributed by atoms with E-state index in [1.807, 2.05) is 0 Å². The lowest BCUT2D eigenvalue weighted by Crippen LogP contribution is -2.49. The second-order valence-corrected chi connectivity index (χ2v) is 7.41. The van der Waals surface area contributed by atoms with Crippen molar-refractivity contribution < 1.29 is 9.59 Å². The number of urea groups is 1. The number of aryl methyl sites for hydroxylation is 1. The molecule has 0 bridgehead atoms. The van der Waals surface area contributed by atoms with Crippen LogP contribution in [0.4, 0.5) is 4.79 Å². The Balaban J connectivity index is 1.29. The molecule has 1 saturated carbocycles. The standard InChI is InChI=1S/C19H25N3O2/c23-17-16(7-3-4-10-20-17)22-18(24)21-12-14-11-19(14)9-8-13-5-1-2-6-15(13)19/h1-2,5-6,14,16H,3-4,7-12H2,(H,20,23)(H2,21,22,24)/t14-,16-,19+/m0/s1. The van der Waals surface area contributed by atoms with Gasteiger partial charge in [-0.15, -0.1) is 0 Å². The molecule has 0 unspecified atom stereocenters. The van der Waals surface area contributed by atoms with Crippen molar-refractivity contribution in [2.45, 2.75) is 50.0 Å². The molecule has 128 valence electrons. The van der Waals surface area contributed by atoms with Crippen molar-refractivity contribution in [3.63, 3.8) is 0 Å². The molecular formula is C19H25N3O2. The Morgan fingerprint density at radius 2 is 2.17 bits per heavy atom. The number of hydrogen-bond acceptors (Lipinski definition) is 2. The molecule has 5 nitrogen and oxygen atoms in total. The molecular weight excluding hydrogens is 302 g/mol. The zero-order chi connectivity index (χ0) is 16.6. The molecule has 5 heteroatoms. The predicted molar refractivity (Wildman–Crippen MR) is 91.7 cm³/mol. The van der Waals surface area contributed by atoms with Crippen LogP contribution in [0.3, 0.4) is 0 Å². The van der Waals surface area contributed by atoms with E-state index in [4.69, 9.17) is 0 Å². The number of carbonyl (C=O) groups excluding carboxylic acids is 2. The summed E-state index contributed by atoms with van der Waals surface area (Å²) in [6, 6.07) is 8.09. The molecule has 1 spiro atoms. The van der Waals surface area contributed by atoms with Crippen LogP contribution in [0, 0.1) is 5.92 Å². The van der Waals surface area contributed by atoms with Crippen LogP contribution in [0.2, 0.25) is 0 Å². The van der Waals surface area contributed by atoms with Crippen molar-refractivity contribution in [2.24, 2.45) is 5.92 Å². The van der Waals surface area contributed by atoms with Gasteiger partial charge in [0, 0.05) is 18.5 Å². The predicted octanol–water partition coefficient (Wildman–Crippen LogP) is 1.86. The molecule has 0 aromatic heterocycles. The highest BCUT2D eigenvalue weighted by Crippen LogP contribution is 2.61. The minimum atomic E-state index is -0.395. The van der Waals surface area contributed by atoms with Crippen molar-refractivity contribution >= 4 is 11.9 Å². The van der Waals surface area contributed by atoms with Gasteiger partial charge in [0.25, 0.3) is 0 Å². The van der Waals surface area contributed by atoms with Crippen LogP contribution >= 0.6 is 0 Å². The second kappa shape index (κ2) is 6.11. The number of carbonyl (C=O) groups is 2. The maximum absolute atomic E-state index is 12.1. The van der Waals surface area contributed by atoms with E-state index < -0.39 is 6.04 Å². The Morgan fingerprint density at radius 1 is 1.29 bits per heavy atom. The summed E-state index contributed by atoms with van der Waals surface area (Å²) >= 11 is 0. The number of rotatable bonds is 3. The highest BCUT2D eigenvalue weighted by atomic mass is 16.2. The quantitative estimate of drug-likeness (QED) is 0.793. The topological polar surface area (TPSA) is 70.2 Å². The summed E-state index contributed by atoms with van der Waals surface area (Å²) in [4.78, 5) is 24.0. The highest BCUT2D eigenvalue weighted by Gasteiger charge is 2.57. The summed E-state index contributed by atoms with van der Waals surface area (Å²) < 4.78 is 0. The van der Waals surface area contributed by atoms with Crippen LogP contribution in [-0.4, -0.2) is 31.1 Å². The van der Waals surface area contributed by atoms with Crippen LogP contribution in [-0.2, 0) is 16.6 Å². The van der Waals surface area contributed by atoms with E-state index in [0.29, 0.717) is 24.4 Å². The van der Waals surface area contributed by atoms with Gasteiger partial charge >= 0.3 is 6.03 Å². The van der Waals surface area contributed by atoms with Gasteiger partial charge in [-0.2, -0.15) is 0 Å². The van der Waals surface area contributed by atoms with Crippen molar-refractivity contribution in [2.75, 3.05) is 13.1 Å². The third-order valence-corrected chi connectivity index (χ3v) is 5.98. The fraction of sp³-hybridized carbons (Fsp3) is 0.579. The average Bonchev–Trinajstić information content (AvgIpc) is 3.23. The van der Waals surface area contributed by atoms with Crippen LogP contribution in [0.5, 0.6) is 0 Å². The van der Waals surface area contributed by atoms with Gasteiger partial charge < -0.3 is 16.0 Å². The van der Waals surface area contributed by atoms with Crippen LogP contribution < -0.4 is 16.0 Å². The zero-order valence-electron chi connectivity index (χ0n) is 13.9. The minimum absolute atomic E-state index is 0.0599. The van der Waals surface area contributed by atoms with E-state index in [-0.39, 0.29) is 11.9 Å². The van der Waals surface area contributed by atoms with Crippen molar-refractivity contribution in [3.05, 3.63) is 35.4 Å². The van der Waals surface area contributed by atoms with Crippen LogP contribution in [0.25, 0.3) is 0 Å². The first kappa shape index (κ1) is 15.5. The van der Waals surface area contributed by atoms with E-state index in [0.717, 1.165) is 32.1 Å². The van der Waals surface area contributed by atoms with Crippen LogP contribution in [0.15, 0.2) is 24.3 Å². The number of hydrogen-bond donors (Lipinski definition) is 3. The van der Waals surface area contributed by atoms with Gasteiger partial charge in [-0.05, 0) is 55.6 Å². The van der Waals surface area contributed by atoms with Gasteiger partial charge in [0.1, 0.15) is 6.04 Å². The van der Waals surface area contributed by atoms with E-state index in [9.17, 15) is 9.59 Å². The first-order valence-electron chi connectivity index (χ1n) is 9.09. The number of fused-ring (bicyclic) bond motifs is 2. The smallest absolute Gasteiger partial charge is 0.315 e. The van der Waals surface area contributed by atoms with E-state index in [1.165, 1.54) is 17.5 Å². The number of benzene rings is 1. The molecule has 1 aromatic rings. The lowest BCUT2D eigenvalue weighted by Gasteiger charge is -2.16. The van der Waals surface area contributed by atoms with Gasteiger partial charge in [0.05, 0.1) is 0 Å². The Kier molecular flexibility index (Phi) is 3.94. The first-order valence-corrected chi connectivity index (χ1v) is 9.09. The lowest BCUT2D eigenvalue weighted by molar-refractivity contribution is -0.122. The molecule has 2 aliphatic carbocycles. The summed E-state index contributed by atoms with van der Waals surface area (Å²) in [5.74, 6) is 0.463. The van der Waals surface area contributed by atoms with Gasteiger partial charge in [0.15, 0.2) is 0 Å². The van der Waals surface area contributed by atoms with E-state index >= 15 is 0 Å². The molecule has 3 atom stereocenters. The molecule has 1 heterocycles. The van der Waals surface area contributed by atoms with Crippen molar-refractivity contribution in [1.82, 2.24) is 16.0 Å². The fourth-order valence-corrected chi connectivity index (χ4v) is 4.50. The largest absolute Gasteiger partial charge is 0.354 e. The third kappa shape index (κ3) is 2.76. The Bertz CT molecular complexity index is 660.